The van der Waals surface area contributed by atoms with Crippen molar-refractivity contribution in [3.63, 3.8) is 0 Å². The van der Waals surface area contributed by atoms with Gasteiger partial charge in [-0.05, 0) is 22.0 Å². The molecule has 1 aromatic rings. The van der Waals surface area contributed by atoms with Gasteiger partial charge < -0.3 is 10.2 Å². The Morgan fingerprint density at radius 1 is 1.33 bits per heavy atom. The highest BCUT2D eigenvalue weighted by atomic mass is 79.9. The summed E-state index contributed by atoms with van der Waals surface area (Å²) in [7, 11) is 0. The molecular weight excluding hydrogens is 343 g/mol. The van der Waals surface area contributed by atoms with Gasteiger partial charge in [-0.2, -0.15) is 0 Å². The lowest BCUT2D eigenvalue weighted by Gasteiger charge is -2.47. The average Bonchev–Trinajstić information content (AvgIpc) is 2.41. The summed E-state index contributed by atoms with van der Waals surface area (Å²) < 4.78 is 13.7. The van der Waals surface area contributed by atoms with Crippen LogP contribution in [0.3, 0.4) is 0 Å². The molecule has 2 fully saturated rings. The normalized spacial score (nSPS) is 20.4. The molecule has 0 unspecified atom stereocenters. The molecule has 0 atom stereocenters. The van der Waals surface area contributed by atoms with Gasteiger partial charge in [0.05, 0.1) is 15.5 Å². The van der Waals surface area contributed by atoms with E-state index in [1.807, 2.05) is 4.90 Å². The third kappa shape index (κ3) is 2.88. The number of nitro benzene ring substituents is 1. The van der Waals surface area contributed by atoms with Crippen LogP contribution in [0, 0.1) is 15.9 Å². The van der Waals surface area contributed by atoms with E-state index in [0.717, 1.165) is 45.3 Å². The Labute approximate surface area is 130 Å². The summed E-state index contributed by atoms with van der Waals surface area (Å²) in [6, 6.07) is 2.91. The van der Waals surface area contributed by atoms with Crippen molar-refractivity contribution in [1.82, 2.24) is 10.2 Å². The van der Waals surface area contributed by atoms with Gasteiger partial charge in [-0.1, -0.05) is 0 Å². The molecular formula is C13H16BrFN4O2. The van der Waals surface area contributed by atoms with E-state index in [-0.39, 0.29) is 10.2 Å². The minimum absolute atomic E-state index is 0.172. The third-order valence-corrected chi connectivity index (χ3v) is 4.69. The molecule has 3 rings (SSSR count). The number of anilines is 1. The Morgan fingerprint density at radius 3 is 2.62 bits per heavy atom. The zero-order chi connectivity index (χ0) is 15.0. The molecule has 1 aromatic carbocycles. The summed E-state index contributed by atoms with van der Waals surface area (Å²) in [6.45, 7) is 5.48. The van der Waals surface area contributed by atoms with E-state index < -0.39 is 10.7 Å². The highest BCUT2D eigenvalue weighted by Crippen LogP contribution is 2.36. The van der Waals surface area contributed by atoms with Gasteiger partial charge >= 0.3 is 0 Å². The molecule has 2 aliphatic heterocycles. The Bertz CT molecular complexity index is 559. The van der Waals surface area contributed by atoms with Gasteiger partial charge in [0.2, 0.25) is 0 Å². The van der Waals surface area contributed by atoms with Gasteiger partial charge in [0, 0.05) is 45.3 Å². The number of nitrogens with one attached hydrogen (secondary N) is 1. The molecule has 6 nitrogen and oxygen atoms in total. The molecule has 21 heavy (non-hydrogen) atoms. The summed E-state index contributed by atoms with van der Waals surface area (Å²) in [6.07, 6.45) is 0. The van der Waals surface area contributed by atoms with E-state index >= 15 is 0 Å². The fourth-order valence-corrected chi connectivity index (χ4v) is 3.19. The highest BCUT2D eigenvalue weighted by Gasteiger charge is 2.35. The topological polar surface area (TPSA) is 61.7 Å². The third-order valence-electron chi connectivity index (χ3n) is 4.09. The van der Waals surface area contributed by atoms with Gasteiger partial charge in [0.1, 0.15) is 11.5 Å². The second kappa shape index (κ2) is 5.86. The molecule has 2 saturated heterocycles. The van der Waals surface area contributed by atoms with Crippen molar-refractivity contribution >= 4 is 27.3 Å². The standard InChI is InChI=1S/C13H16BrFN4O2/c14-10-5-12(13(19(20)21)6-11(10)15)18-7-9(8-18)17-3-1-16-2-4-17/h5-6,9,16H,1-4,7-8H2. The van der Waals surface area contributed by atoms with Crippen molar-refractivity contribution in [2.24, 2.45) is 0 Å². The molecule has 114 valence electrons. The molecule has 2 aliphatic rings. The molecule has 1 N–H and O–H groups in total. The minimum Gasteiger partial charge on any atom is -0.363 e. The Hall–Kier alpha value is -1.25. The van der Waals surface area contributed by atoms with E-state index in [1.54, 1.807) is 0 Å². The molecule has 8 heteroatoms. The summed E-state index contributed by atoms with van der Waals surface area (Å²) in [5.41, 5.74) is 0.314. The zero-order valence-corrected chi connectivity index (χ0v) is 13.0. The predicted octanol–water partition coefficient (Wildman–Crippen LogP) is 1.59. The number of hydrogen-bond acceptors (Lipinski definition) is 5. The molecule has 0 bridgehead atoms. The SMILES string of the molecule is O=[N+]([O-])c1cc(F)c(Br)cc1N1CC(N2CCNCC2)C1. The quantitative estimate of drug-likeness (QED) is 0.656. The molecule has 0 spiro atoms. The number of benzene rings is 1. The van der Waals surface area contributed by atoms with Crippen LogP contribution in [0.4, 0.5) is 15.8 Å². The number of rotatable bonds is 3. The van der Waals surface area contributed by atoms with Gasteiger partial charge in [0.15, 0.2) is 0 Å². The first kappa shape index (κ1) is 14.7. The number of halogens is 2. The summed E-state index contributed by atoms with van der Waals surface area (Å²) in [4.78, 5) is 14.9. The summed E-state index contributed by atoms with van der Waals surface area (Å²) in [5, 5.41) is 14.4. The predicted molar refractivity (Wildman–Crippen MR) is 81.2 cm³/mol. The number of piperazine rings is 1. The van der Waals surface area contributed by atoms with E-state index in [4.69, 9.17) is 0 Å². The molecule has 0 aliphatic carbocycles. The molecule has 0 aromatic heterocycles. The molecule has 0 saturated carbocycles. The Kier molecular flexibility index (Phi) is 4.10. The molecule has 0 amide bonds. The fraction of sp³-hybridized carbons (Fsp3) is 0.538. The molecule has 0 radical (unpaired) electrons. The van der Waals surface area contributed by atoms with Crippen molar-refractivity contribution in [2.75, 3.05) is 44.2 Å². The molecule has 2 heterocycles. The van der Waals surface area contributed by atoms with Gasteiger partial charge in [-0.25, -0.2) is 4.39 Å². The number of nitro groups is 1. The van der Waals surface area contributed by atoms with Gasteiger partial charge in [-0.3, -0.25) is 15.0 Å². The largest absolute Gasteiger partial charge is 0.363 e. The maximum absolute atomic E-state index is 13.5. The lowest BCUT2D eigenvalue weighted by Crippen LogP contribution is -2.63. The summed E-state index contributed by atoms with van der Waals surface area (Å²) >= 11 is 3.10. The van der Waals surface area contributed by atoms with Crippen LogP contribution in [-0.4, -0.2) is 55.1 Å². The maximum atomic E-state index is 13.5. The van der Waals surface area contributed by atoms with Crippen molar-refractivity contribution in [2.45, 2.75) is 6.04 Å². The van der Waals surface area contributed by atoms with Crippen molar-refractivity contribution < 1.29 is 9.31 Å². The fourth-order valence-electron chi connectivity index (χ4n) is 2.86. The number of hydrogen-bond donors (Lipinski definition) is 1. The van der Waals surface area contributed by atoms with Crippen molar-refractivity contribution in [1.29, 1.82) is 0 Å². The van der Waals surface area contributed by atoms with E-state index in [0.29, 0.717) is 11.7 Å². The van der Waals surface area contributed by atoms with Crippen LogP contribution in [-0.2, 0) is 0 Å². The van der Waals surface area contributed by atoms with E-state index in [2.05, 4.69) is 26.1 Å². The van der Waals surface area contributed by atoms with Crippen LogP contribution in [0.5, 0.6) is 0 Å². The van der Waals surface area contributed by atoms with Crippen LogP contribution in [0.25, 0.3) is 0 Å². The van der Waals surface area contributed by atoms with Crippen LogP contribution >= 0.6 is 15.9 Å². The Morgan fingerprint density at radius 2 is 2.00 bits per heavy atom. The van der Waals surface area contributed by atoms with Crippen LogP contribution < -0.4 is 10.2 Å². The van der Waals surface area contributed by atoms with E-state index in [1.165, 1.54) is 6.07 Å². The van der Waals surface area contributed by atoms with Gasteiger partial charge in [-0.15, -0.1) is 0 Å². The minimum atomic E-state index is -0.607. The lowest BCUT2D eigenvalue weighted by atomic mass is 10.0. The van der Waals surface area contributed by atoms with Crippen LogP contribution in [0.1, 0.15) is 0 Å². The first-order valence-corrected chi connectivity index (χ1v) is 7.68. The first-order chi connectivity index (χ1) is 10.1. The number of nitrogens with zero attached hydrogens (tertiary/aromatic N) is 3. The highest BCUT2D eigenvalue weighted by molar-refractivity contribution is 9.10. The smallest absolute Gasteiger partial charge is 0.295 e. The second-order valence-electron chi connectivity index (χ2n) is 5.36. The zero-order valence-electron chi connectivity index (χ0n) is 11.4. The lowest BCUT2D eigenvalue weighted by molar-refractivity contribution is -0.384. The average molecular weight is 359 g/mol. The van der Waals surface area contributed by atoms with E-state index in [9.17, 15) is 14.5 Å². The maximum Gasteiger partial charge on any atom is 0.295 e. The second-order valence-corrected chi connectivity index (χ2v) is 6.21. The first-order valence-electron chi connectivity index (χ1n) is 6.89. The Balaban J connectivity index is 1.74. The van der Waals surface area contributed by atoms with Crippen molar-refractivity contribution in [3.05, 3.63) is 32.5 Å². The monoisotopic (exact) mass is 358 g/mol. The van der Waals surface area contributed by atoms with Crippen LogP contribution in [0.2, 0.25) is 0 Å². The van der Waals surface area contributed by atoms with Crippen molar-refractivity contribution in [3.8, 4) is 0 Å². The van der Waals surface area contributed by atoms with Crippen LogP contribution in [0.15, 0.2) is 16.6 Å². The van der Waals surface area contributed by atoms with Gasteiger partial charge in [0.25, 0.3) is 5.69 Å². The summed E-state index contributed by atoms with van der Waals surface area (Å²) in [5.74, 6) is -0.607.